The smallest absolute Gasteiger partial charge is 0.417 e. The van der Waals surface area contributed by atoms with Crippen molar-refractivity contribution in [3.63, 3.8) is 0 Å². The topological polar surface area (TPSA) is 43.4 Å². The molecule has 0 bridgehead atoms. The molecular formula is C12H8F6O3. The number of esters is 1. The summed E-state index contributed by atoms with van der Waals surface area (Å²) in [7, 11) is 0. The van der Waals surface area contributed by atoms with Gasteiger partial charge in [-0.25, -0.2) is 4.79 Å². The monoisotopic (exact) mass is 314 g/mol. The van der Waals surface area contributed by atoms with Gasteiger partial charge in [0.25, 0.3) is 0 Å². The van der Waals surface area contributed by atoms with Crippen molar-refractivity contribution in [1.82, 2.24) is 0 Å². The first-order chi connectivity index (χ1) is 9.52. The van der Waals surface area contributed by atoms with Crippen molar-refractivity contribution in [3.05, 3.63) is 34.4 Å². The molecule has 9 heteroatoms. The molecule has 0 aromatic heterocycles. The maximum absolute atomic E-state index is 12.8. The number of carbonyl (C=O) groups excluding carboxylic acids is 2. The molecule has 0 aliphatic carbocycles. The molecule has 0 atom stereocenters. The largest absolute Gasteiger partial charge is 0.462 e. The van der Waals surface area contributed by atoms with Crippen molar-refractivity contribution < 1.29 is 40.7 Å². The molecule has 1 aromatic rings. The van der Waals surface area contributed by atoms with E-state index in [1.807, 2.05) is 0 Å². The van der Waals surface area contributed by atoms with Gasteiger partial charge in [0.2, 0.25) is 0 Å². The van der Waals surface area contributed by atoms with Crippen LogP contribution >= 0.6 is 0 Å². The fraction of sp³-hybridized carbons (Fsp3) is 0.333. The van der Waals surface area contributed by atoms with Gasteiger partial charge < -0.3 is 4.74 Å². The van der Waals surface area contributed by atoms with Crippen molar-refractivity contribution >= 4 is 12.3 Å². The lowest BCUT2D eigenvalue weighted by Crippen LogP contribution is -2.19. The van der Waals surface area contributed by atoms with Crippen molar-refractivity contribution in [2.24, 2.45) is 0 Å². The number of halogens is 6. The molecule has 1 rings (SSSR count). The number of alkyl halides is 6. The number of hydrogen-bond acceptors (Lipinski definition) is 3. The molecule has 0 fully saturated rings. The van der Waals surface area contributed by atoms with Gasteiger partial charge in [-0.2, -0.15) is 26.3 Å². The van der Waals surface area contributed by atoms with E-state index in [4.69, 9.17) is 0 Å². The van der Waals surface area contributed by atoms with Crippen LogP contribution in [0.25, 0.3) is 0 Å². The van der Waals surface area contributed by atoms with Crippen molar-refractivity contribution in [2.45, 2.75) is 19.3 Å². The predicted molar refractivity (Wildman–Crippen MR) is 57.8 cm³/mol. The van der Waals surface area contributed by atoms with Crippen LogP contribution in [0.5, 0.6) is 0 Å². The van der Waals surface area contributed by atoms with Crippen LogP contribution in [0.15, 0.2) is 12.1 Å². The SMILES string of the molecule is CCOC(=O)c1cc(C(F)(F)F)c(C=O)cc1C(F)(F)F. The van der Waals surface area contributed by atoms with Crippen molar-refractivity contribution in [2.75, 3.05) is 6.61 Å². The number of ether oxygens (including phenoxy) is 1. The summed E-state index contributed by atoms with van der Waals surface area (Å²) in [5, 5.41) is 0. The van der Waals surface area contributed by atoms with Gasteiger partial charge in [-0.15, -0.1) is 0 Å². The molecule has 116 valence electrons. The zero-order valence-electron chi connectivity index (χ0n) is 10.4. The van der Waals surface area contributed by atoms with Crippen LogP contribution in [0.4, 0.5) is 26.3 Å². The Hall–Kier alpha value is -2.06. The molecular weight excluding hydrogens is 306 g/mol. The molecule has 0 heterocycles. The molecule has 0 aliphatic rings. The maximum Gasteiger partial charge on any atom is 0.417 e. The highest BCUT2D eigenvalue weighted by Crippen LogP contribution is 2.38. The third-order valence-corrected chi connectivity index (χ3v) is 2.42. The van der Waals surface area contributed by atoms with Crippen LogP contribution in [0, 0.1) is 0 Å². The minimum Gasteiger partial charge on any atom is -0.462 e. The van der Waals surface area contributed by atoms with E-state index < -0.39 is 40.6 Å². The highest BCUT2D eigenvalue weighted by molar-refractivity contribution is 5.93. The van der Waals surface area contributed by atoms with Crippen molar-refractivity contribution in [1.29, 1.82) is 0 Å². The van der Waals surface area contributed by atoms with Crippen LogP contribution in [0.3, 0.4) is 0 Å². The summed E-state index contributed by atoms with van der Waals surface area (Å²) in [6, 6.07) is -0.0351. The van der Waals surface area contributed by atoms with Crippen molar-refractivity contribution in [3.8, 4) is 0 Å². The lowest BCUT2D eigenvalue weighted by atomic mass is 9.98. The van der Waals surface area contributed by atoms with Gasteiger partial charge in [0.05, 0.1) is 23.3 Å². The third kappa shape index (κ3) is 3.73. The summed E-state index contributed by atoms with van der Waals surface area (Å²) in [4.78, 5) is 22.0. The molecule has 1 aromatic carbocycles. The Morgan fingerprint density at radius 1 is 1.10 bits per heavy atom. The van der Waals surface area contributed by atoms with Crippen LogP contribution < -0.4 is 0 Å². The standard InChI is InChI=1S/C12H8F6O3/c1-2-21-10(20)7-4-8(11(13,14)15)6(5-19)3-9(7)12(16,17)18/h3-5H,2H2,1H3. The molecule has 0 aliphatic heterocycles. The normalized spacial score (nSPS) is 12.1. The van der Waals surface area contributed by atoms with Gasteiger partial charge in [-0.1, -0.05) is 0 Å². The molecule has 0 N–H and O–H groups in total. The minimum absolute atomic E-state index is 0.0118. The first-order valence-corrected chi connectivity index (χ1v) is 5.47. The molecule has 0 saturated carbocycles. The van der Waals surface area contributed by atoms with Gasteiger partial charge in [0.1, 0.15) is 0 Å². The Kier molecular flexibility index (Phi) is 4.65. The number of carbonyl (C=O) groups is 2. The molecule has 3 nitrogen and oxygen atoms in total. The zero-order valence-corrected chi connectivity index (χ0v) is 10.4. The van der Waals surface area contributed by atoms with E-state index in [0.717, 1.165) is 0 Å². The van der Waals surface area contributed by atoms with Crippen LogP contribution in [0.1, 0.15) is 38.8 Å². The number of rotatable bonds is 3. The number of benzene rings is 1. The van der Waals surface area contributed by atoms with Crippen LogP contribution in [0.2, 0.25) is 0 Å². The van der Waals surface area contributed by atoms with Gasteiger partial charge in [-0.3, -0.25) is 4.79 Å². The first-order valence-electron chi connectivity index (χ1n) is 5.47. The van der Waals surface area contributed by atoms with E-state index in [1.54, 1.807) is 0 Å². The number of hydrogen-bond donors (Lipinski definition) is 0. The summed E-state index contributed by atoms with van der Waals surface area (Å²) in [5.74, 6) is -1.55. The Morgan fingerprint density at radius 2 is 1.62 bits per heavy atom. The third-order valence-electron chi connectivity index (χ3n) is 2.42. The second-order valence-corrected chi connectivity index (χ2v) is 3.82. The Bertz CT molecular complexity index is 559. The van der Waals surface area contributed by atoms with Crippen LogP contribution in [-0.2, 0) is 17.1 Å². The molecule has 0 unspecified atom stereocenters. The van der Waals surface area contributed by atoms with E-state index >= 15 is 0 Å². The summed E-state index contributed by atoms with van der Waals surface area (Å²) < 4.78 is 80.8. The molecule has 0 amide bonds. The van der Waals surface area contributed by atoms with Gasteiger partial charge in [-0.05, 0) is 19.1 Å². The fourth-order valence-electron chi connectivity index (χ4n) is 1.57. The highest BCUT2D eigenvalue weighted by Gasteiger charge is 2.41. The maximum atomic E-state index is 12.8. The minimum atomic E-state index is -5.11. The second-order valence-electron chi connectivity index (χ2n) is 3.82. The Labute approximate surface area is 114 Å². The van der Waals surface area contributed by atoms with Gasteiger partial charge >= 0.3 is 18.3 Å². The quantitative estimate of drug-likeness (QED) is 0.485. The van der Waals surface area contributed by atoms with E-state index in [2.05, 4.69) is 4.74 Å². The summed E-state index contributed by atoms with van der Waals surface area (Å²) in [5.41, 5.74) is -5.78. The molecule has 0 saturated heterocycles. The van der Waals surface area contributed by atoms with Gasteiger partial charge in [0, 0.05) is 5.56 Å². The fourth-order valence-corrected chi connectivity index (χ4v) is 1.57. The lowest BCUT2D eigenvalue weighted by molar-refractivity contribution is -0.141. The highest BCUT2D eigenvalue weighted by atomic mass is 19.4. The lowest BCUT2D eigenvalue weighted by Gasteiger charge is -2.16. The number of aldehydes is 1. The Morgan fingerprint density at radius 3 is 2.00 bits per heavy atom. The molecule has 0 spiro atoms. The molecule has 0 radical (unpaired) electrons. The zero-order chi connectivity index (χ0) is 16.4. The first kappa shape index (κ1) is 17.0. The van der Waals surface area contributed by atoms with E-state index in [-0.39, 0.29) is 25.0 Å². The average molecular weight is 314 g/mol. The average Bonchev–Trinajstić information content (AvgIpc) is 2.35. The summed E-state index contributed by atoms with van der Waals surface area (Å²) in [6.45, 7) is 0.975. The Balaban J connectivity index is 3.65. The molecule has 21 heavy (non-hydrogen) atoms. The van der Waals surface area contributed by atoms with E-state index in [1.165, 1.54) is 6.92 Å². The summed E-state index contributed by atoms with van der Waals surface area (Å²) in [6.07, 6.45) is -10.5. The second kappa shape index (κ2) is 5.74. The van der Waals surface area contributed by atoms with Gasteiger partial charge in [0.15, 0.2) is 6.29 Å². The predicted octanol–water partition coefficient (Wildman–Crippen LogP) is 3.71. The van der Waals surface area contributed by atoms with Crippen LogP contribution in [-0.4, -0.2) is 18.9 Å². The summed E-state index contributed by atoms with van der Waals surface area (Å²) >= 11 is 0. The van der Waals surface area contributed by atoms with E-state index in [0.29, 0.717) is 0 Å². The van der Waals surface area contributed by atoms with E-state index in [9.17, 15) is 35.9 Å².